The van der Waals surface area contributed by atoms with E-state index in [2.05, 4.69) is 22.5 Å². The van der Waals surface area contributed by atoms with Crippen molar-refractivity contribution in [2.75, 3.05) is 18.4 Å². The van der Waals surface area contributed by atoms with Gasteiger partial charge in [-0.15, -0.1) is 0 Å². The number of nitrogens with zero attached hydrogens (tertiary/aromatic N) is 4. The summed E-state index contributed by atoms with van der Waals surface area (Å²) >= 11 is 0. The molecular formula is C23H21F2N5O2. The van der Waals surface area contributed by atoms with E-state index >= 15 is 0 Å². The number of likely N-dealkylation sites (tertiary alicyclic amines) is 1. The van der Waals surface area contributed by atoms with Crippen LogP contribution in [0.1, 0.15) is 29.3 Å². The predicted molar refractivity (Wildman–Crippen MR) is 115 cm³/mol. The monoisotopic (exact) mass is 437 g/mol. The summed E-state index contributed by atoms with van der Waals surface area (Å²) in [5, 5.41) is 11.2. The highest BCUT2D eigenvalue weighted by Crippen LogP contribution is 2.31. The first-order valence-corrected chi connectivity index (χ1v) is 10.4. The fourth-order valence-corrected chi connectivity index (χ4v) is 4.19. The number of anilines is 2. The number of carbonyl (C=O) groups excluding carboxylic acids is 1. The molecule has 0 aliphatic carbocycles. The van der Waals surface area contributed by atoms with Gasteiger partial charge in [0.25, 0.3) is 5.91 Å². The fraction of sp³-hybridized carbons (Fsp3) is 0.261. The summed E-state index contributed by atoms with van der Waals surface area (Å²) in [7, 11) is 0. The molecule has 32 heavy (non-hydrogen) atoms. The highest BCUT2D eigenvalue weighted by atomic mass is 19.1. The largest absolute Gasteiger partial charge is 0.338 e. The lowest BCUT2D eigenvalue weighted by Gasteiger charge is -2.15. The van der Waals surface area contributed by atoms with Gasteiger partial charge in [-0.25, -0.2) is 13.3 Å². The zero-order valence-electron chi connectivity index (χ0n) is 17.6. The van der Waals surface area contributed by atoms with Gasteiger partial charge in [0.05, 0.1) is 22.3 Å². The lowest BCUT2D eigenvalue weighted by Crippen LogP contribution is -2.28. The Hall–Kier alpha value is -3.75. The molecule has 164 valence electrons. The van der Waals surface area contributed by atoms with Gasteiger partial charge in [-0.05, 0) is 43.0 Å². The lowest BCUT2D eigenvalue weighted by atomic mass is 10.1. The van der Waals surface area contributed by atoms with Gasteiger partial charge in [-0.3, -0.25) is 4.79 Å². The van der Waals surface area contributed by atoms with Crippen LogP contribution in [0.15, 0.2) is 47.2 Å². The van der Waals surface area contributed by atoms with Crippen molar-refractivity contribution in [2.24, 2.45) is 5.92 Å². The molecule has 0 bridgehead atoms. The molecule has 1 N–H and O–H groups in total. The maximum absolute atomic E-state index is 14.1. The van der Waals surface area contributed by atoms with Crippen LogP contribution in [0.4, 0.5) is 20.4 Å². The molecule has 3 aromatic heterocycles. The van der Waals surface area contributed by atoms with E-state index in [0.717, 1.165) is 37.2 Å². The molecule has 1 unspecified atom stereocenters. The van der Waals surface area contributed by atoms with E-state index in [1.54, 1.807) is 23.0 Å². The van der Waals surface area contributed by atoms with E-state index < -0.39 is 11.6 Å². The maximum atomic E-state index is 14.1. The van der Waals surface area contributed by atoms with Gasteiger partial charge in [0.1, 0.15) is 17.3 Å². The second kappa shape index (κ2) is 7.74. The topological polar surface area (TPSA) is 75.7 Å². The number of nitrogens with one attached hydrogen (secondary N) is 1. The summed E-state index contributed by atoms with van der Waals surface area (Å²) in [6.45, 7) is 5.50. The number of amides is 1. The Balaban J connectivity index is 1.48. The molecule has 0 radical (unpaired) electrons. The molecule has 4 aromatic rings. The number of fused-ring (bicyclic) bond motifs is 1. The number of benzene rings is 1. The minimum atomic E-state index is -0.724. The summed E-state index contributed by atoms with van der Waals surface area (Å²) in [6.07, 6.45) is 4.32. The van der Waals surface area contributed by atoms with Crippen LogP contribution in [0.25, 0.3) is 16.8 Å². The van der Waals surface area contributed by atoms with Crippen molar-refractivity contribution in [1.82, 2.24) is 19.7 Å². The van der Waals surface area contributed by atoms with E-state index in [1.807, 2.05) is 11.8 Å². The van der Waals surface area contributed by atoms with Crippen LogP contribution >= 0.6 is 0 Å². The van der Waals surface area contributed by atoms with Crippen molar-refractivity contribution in [3.63, 3.8) is 0 Å². The van der Waals surface area contributed by atoms with Crippen LogP contribution < -0.4 is 5.32 Å². The highest BCUT2D eigenvalue weighted by Gasteiger charge is 2.27. The molecule has 1 atom stereocenters. The molecule has 7 nitrogen and oxygen atoms in total. The highest BCUT2D eigenvalue weighted by molar-refractivity contribution is 5.99. The minimum Gasteiger partial charge on any atom is -0.338 e. The van der Waals surface area contributed by atoms with Gasteiger partial charge in [-0.2, -0.15) is 5.10 Å². The molecule has 9 heteroatoms. The Kier molecular flexibility index (Phi) is 4.88. The van der Waals surface area contributed by atoms with Crippen molar-refractivity contribution in [3.8, 4) is 11.3 Å². The molecule has 0 saturated carbocycles. The summed E-state index contributed by atoms with van der Waals surface area (Å²) in [4.78, 5) is 14.9. The third-order valence-corrected chi connectivity index (χ3v) is 5.86. The number of hydrogen-bond acceptors (Lipinski definition) is 5. The Morgan fingerprint density at radius 1 is 1.25 bits per heavy atom. The summed E-state index contributed by atoms with van der Waals surface area (Å²) in [6, 6.07) is 6.78. The molecule has 1 aliphatic heterocycles. The number of aromatic nitrogens is 3. The molecular weight excluding hydrogens is 416 g/mol. The van der Waals surface area contributed by atoms with Crippen LogP contribution in [-0.2, 0) is 0 Å². The van der Waals surface area contributed by atoms with Crippen LogP contribution in [-0.4, -0.2) is 38.7 Å². The van der Waals surface area contributed by atoms with Gasteiger partial charge in [-0.1, -0.05) is 18.1 Å². The minimum absolute atomic E-state index is 0.0136. The van der Waals surface area contributed by atoms with Crippen molar-refractivity contribution in [2.45, 2.75) is 20.3 Å². The fourth-order valence-electron chi connectivity index (χ4n) is 4.19. The van der Waals surface area contributed by atoms with Crippen molar-refractivity contribution >= 4 is 23.0 Å². The van der Waals surface area contributed by atoms with Crippen LogP contribution in [0.3, 0.4) is 0 Å². The van der Waals surface area contributed by atoms with Gasteiger partial charge >= 0.3 is 0 Å². The Morgan fingerprint density at radius 3 is 2.75 bits per heavy atom. The second-order valence-electron chi connectivity index (χ2n) is 8.15. The van der Waals surface area contributed by atoms with Gasteiger partial charge in [0.15, 0.2) is 0 Å². The first kappa shape index (κ1) is 20.2. The average molecular weight is 437 g/mol. The normalized spacial score (nSPS) is 16.1. The van der Waals surface area contributed by atoms with E-state index in [9.17, 15) is 13.6 Å². The smallest absolute Gasteiger partial charge is 0.255 e. The summed E-state index contributed by atoms with van der Waals surface area (Å²) in [5.74, 6) is -0.764. The average Bonchev–Trinajstić information content (AvgIpc) is 3.48. The maximum Gasteiger partial charge on any atom is 0.255 e. The van der Waals surface area contributed by atoms with Gasteiger partial charge < -0.3 is 14.7 Å². The van der Waals surface area contributed by atoms with Crippen LogP contribution in [0, 0.1) is 24.5 Å². The molecule has 5 rings (SSSR count). The molecule has 1 aromatic carbocycles. The molecule has 1 saturated heterocycles. The zero-order valence-corrected chi connectivity index (χ0v) is 17.6. The number of hydrogen-bond donors (Lipinski definition) is 1. The Morgan fingerprint density at radius 2 is 2.03 bits per heavy atom. The van der Waals surface area contributed by atoms with Crippen LogP contribution in [0.5, 0.6) is 0 Å². The molecule has 1 aliphatic rings. The third kappa shape index (κ3) is 3.39. The second-order valence-corrected chi connectivity index (χ2v) is 8.15. The van der Waals surface area contributed by atoms with Crippen molar-refractivity contribution in [1.29, 1.82) is 0 Å². The summed E-state index contributed by atoms with van der Waals surface area (Å²) in [5.41, 5.74) is 2.49. The SMILES string of the molecule is Cc1c(C(=O)N2CCC(C)C2)cn2nccc(Nc3cc(-c4c(F)cccc4F)no3)c12. The first-order valence-electron chi connectivity index (χ1n) is 10.4. The molecule has 4 heterocycles. The van der Waals surface area contributed by atoms with Gasteiger partial charge in [0, 0.05) is 31.5 Å². The predicted octanol–water partition coefficient (Wildman–Crippen LogP) is 4.80. The molecule has 1 fully saturated rings. The van der Waals surface area contributed by atoms with E-state index in [1.165, 1.54) is 12.1 Å². The Labute approximate surface area is 182 Å². The van der Waals surface area contributed by atoms with Gasteiger partial charge in [0.2, 0.25) is 5.88 Å². The lowest BCUT2D eigenvalue weighted by molar-refractivity contribution is 0.0787. The number of aryl methyl sites for hydroxylation is 1. The van der Waals surface area contributed by atoms with Crippen molar-refractivity contribution in [3.05, 3.63) is 65.5 Å². The standard InChI is InChI=1S/C23H21F2N5O2/c1-13-7-9-29(11-13)23(31)15-12-30-22(14(15)2)18(6-8-26-30)27-20-10-19(28-32-20)21-16(24)4-3-5-17(21)25/h3-6,8,10,12-13,27H,7,9,11H2,1-2H3. The van der Waals surface area contributed by atoms with Crippen molar-refractivity contribution < 1.29 is 18.1 Å². The van der Waals surface area contributed by atoms with E-state index in [-0.39, 0.29) is 23.0 Å². The summed E-state index contributed by atoms with van der Waals surface area (Å²) < 4.78 is 35.1. The van der Waals surface area contributed by atoms with E-state index in [4.69, 9.17) is 4.52 Å². The molecule has 1 amide bonds. The number of carbonyl (C=O) groups is 1. The quantitative estimate of drug-likeness (QED) is 0.496. The first-order chi connectivity index (χ1) is 15.4. The van der Waals surface area contributed by atoms with Crippen LogP contribution in [0.2, 0.25) is 0 Å². The molecule has 0 spiro atoms. The third-order valence-electron chi connectivity index (χ3n) is 5.86. The number of halogens is 2. The number of rotatable bonds is 4. The zero-order chi connectivity index (χ0) is 22.4. The van der Waals surface area contributed by atoms with E-state index in [0.29, 0.717) is 22.7 Å². The Bertz CT molecular complexity index is 1310.